The molecule has 7 aliphatic rings. The Balaban J connectivity index is 0.900. The maximum atomic E-state index is 14.3. The Morgan fingerprint density at radius 2 is 1.78 bits per heavy atom. The number of phenolic OH excluding ortho intramolecular Hbond substituents is 2. The van der Waals surface area contributed by atoms with Gasteiger partial charge in [0.05, 0.1) is 60.6 Å². The fraction of sp³-hybridized carbons (Fsp3) is 0.609. The van der Waals surface area contributed by atoms with E-state index in [1.165, 1.54) is 32.4 Å². The number of ether oxygens (including phenoxy) is 9. The topological polar surface area (TPSA) is 265 Å². The van der Waals surface area contributed by atoms with Crippen LogP contribution in [0.15, 0.2) is 18.2 Å². The highest BCUT2D eigenvalue weighted by molar-refractivity contribution is 7.81. The lowest BCUT2D eigenvalue weighted by Gasteiger charge is -2.43. The fourth-order valence-electron chi connectivity index (χ4n) is 10.5. The fourth-order valence-corrected chi connectivity index (χ4v) is 10.8. The molecule has 5 heterocycles. The molecule has 2 aromatic carbocycles. The number of thiol groups is 1. The van der Waals surface area contributed by atoms with E-state index in [9.17, 15) is 44.1 Å². The molecule has 0 spiro atoms. The van der Waals surface area contributed by atoms with E-state index >= 15 is 0 Å². The number of ketones is 3. The van der Waals surface area contributed by atoms with Gasteiger partial charge in [0, 0.05) is 75.2 Å². The Hall–Kier alpha value is -4.59. The number of carbonyl (C=O) groups is 6. The standard InChI is InChI=1S/C46H55N3O18S/c1-21-42-25(48-12-13-62-45(60-3)44(48)67-42)14-33(64-21)66-27-17-46(58,16-24-35(27)41(56)37-36(39(24)54)38(53)23-7-5-8-26(59-2)34(23)40(37)55)29(50)19-63-32-9-4-6-22(65-32)18-61-20-30(51)47-10-11-49-31(52)15-28(68)43(49)57/h5,7-8,21-22,25,27-28,32-33,42,44-45,54,56,58,68H,4,6,9-20H2,1-3H3,(H,47,51)/t21-,22?,25-,27-,28?,32?,33-,42+,44+,45-,46-/m0/s1. The van der Waals surface area contributed by atoms with Gasteiger partial charge < -0.3 is 63.3 Å². The maximum Gasteiger partial charge on any atom is 0.246 e. The number of methoxy groups -OCH3 is 2. The SMILES string of the molecule is COc1cccc2c1C(=O)c1c(O)c3c(c(O)c1C2=O)C[C@@](O)(C(=O)COC1CCCC(COCC(=O)NCCN2C(=O)CC(S)C2=O)O1)C[C@@H]3O[C@H]1C[C@H]2[C@H](O[C@@H]3[C@@H](OC)OCCN32)[C@H](C)O1. The summed E-state index contributed by atoms with van der Waals surface area (Å²) in [5.41, 5.74) is -3.65. The maximum absolute atomic E-state index is 14.3. The van der Waals surface area contributed by atoms with Crippen molar-refractivity contribution in [1.82, 2.24) is 15.1 Å². The lowest BCUT2D eigenvalue weighted by atomic mass is 9.72. The number of imide groups is 1. The number of phenols is 2. The van der Waals surface area contributed by atoms with E-state index in [1.54, 1.807) is 0 Å². The van der Waals surface area contributed by atoms with Gasteiger partial charge in [-0.1, -0.05) is 12.1 Å². The van der Waals surface area contributed by atoms with Crippen LogP contribution in [-0.4, -0.2) is 181 Å². The van der Waals surface area contributed by atoms with Crippen LogP contribution in [0.2, 0.25) is 0 Å². The smallest absolute Gasteiger partial charge is 0.246 e. The summed E-state index contributed by atoms with van der Waals surface area (Å²) in [7, 11) is 2.87. The Morgan fingerprint density at radius 3 is 2.53 bits per heavy atom. The van der Waals surface area contributed by atoms with Crippen molar-refractivity contribution in [1.29, 1.82) is 0 Å². The quantitative estimate of drug-likeness (QED) is 0.0802. The van der Waals surface area contributed by atoms with E-state index in [-0.39, 0.29) is 85.2 Å². The molecule has 9 rings (SSSR count). The summed E-state index contributed by atoms with van der Waals surface area (Å²) >= 11 is 4.09. The van der Waals surface area contributed by atoms with Gasteiger partial charge in [0.25, 0.3) is 0 Å². The predicted molar refractivity (Wildman–Crippen MR) is 233 cm³/mol. The molecule has 5 saturated heterocycles. The number of likely N-dealkylation sites (tertiary alicyclic amines) is 1. The molecular formula is C46H55N3O18S. The van der Waals surface area contributed by atoms with Gasteiger partial charge in [-0.25, -0.2) is 0 Å². The van der Waals surface area contributed by atoms with Gasteiger partial charge in [-0.3, -0.25) is 38.6 Å². The molecular weight excluding hydrogens is 915 g/mol. The first kappa shape index (κ1) is 48.4. The molecule has 3 unspecified atom stereocenters. The second kappa shape index (κ2) is 19.7. The van der Waals surface area contributed by atoms with Gasteiger partial charge in [0.2, 0.25) is 23.5 Å². The number of nitrogens with zero attached hydrogens (tertiary/aromatic N) is 2. The van der Waals surface area contributed by atoms with Crippen molar-refractivity contribution in [3.8, 4) is 17.2 Å². The van der Waals surface area contributed by atoms with Crippen molar-refractivity contribution in [2.75, 3.05) is 60.3 Å². The zero-order valence-electron chi connectivity index (χ0n) is 37.7. The number of rotatable bonds is 15. The van der Waals surface area contributed by atoms with E-state index < -0.39 is 125 Å². The highest BCUT2D eigenvalue weighted by Gasteiger charge is 2.55. The first-order valence-electron chi connectivity index (χ1n) is 22.7. The number of carbonyl (C=O) groups excluding carboxylic acids is 6. The molecule has 21 nitrogen and oxygen atoms in total. The zero-order valence-corrected chi connectivity index (χ0v) is 38.6. The van der Waals surface area contributed by atoms with Crippen LogP contribution < -0.4 is 10.1 Å². The molecule has 0 aromatic heterocycles. The molecule has 2 aromatic rings. The van der Waals surface area contributed by atoms with Gasteiger partial charge in [0.15, 0.2) is 36.7 Å². The number of hydrogen-bond acceptors (Lipinski definition) is 20. The summed E-state index contributed by atoms with van der Waals surface area (Å²) in [5.74, 6) is -4.82. The minimum absolute atomic E-state index is 0.0161. The van der Waals surface area contributed by atoms with Crippen LogP contribution in [0, 0.1) is 0 Å². The summed E-state index contributed by atoms with van der Waals surface area (Å²) in [6.45, 7) is 1.88. The molecule has 5 aliphatic heterocycles. The number of aliphatic hydroxyl groups is 1. The van der Waals surface area contributed by atoms with E-state index in [0.717, 1.165) is 4.90 Å². The molecule has 3 amide bonds. The summed E-state index contributed by atoms with van der Waals surface area (Å²) in [4.78, 5) is 82.2. The number of fused-ring (bicyclic) bond motifs is 6. The normalized spacial score (nSPS) is 32.3. The molecule has 4 N–H and O–H groups in total. The van der Waals surface area contributed by atoms with E-state index in [2.05, 4.69) is 22.8 Å². The molecule has 0 bridgehead atoms. The van der Waals surface area contributed by atoms with Crippen molar-refractivity contribution < 1.29 is 86.7 Å². The van der Waals surface area contributed by atoms with E-state index in [1.807, 2.05) is 6.92 Å². The third kappa shape index (κ3) is 8.93. The Labute approximate surface area is 395 Å². The number of nitrogens with one attached hydrogen (secondary N) is 1. The Morgan fingerprint density at radius 1 is 0.985 bits per heavy atom. The number of amides is 3. The molecule has 22 heteroatoms. The van der Waals surface area contributed by atoms with Crippen molar-refractivity contribution in [2.24, 2.45) is 0 Å². The highest BCUT2D eigenvalue weighted by Crippen LogP contribution is 2.53. The number of Topliss-reactive ketones (excluding diaryl/α,β-unsaturated/α-hetero) is 1. The molecule has 368 valence electrons. The Kier molecular flexibility index (Phi) is 14.0. The number of benzene rings is 2. The van der Waals surface area contributed by atoms with Gasteiger partial charge in [-0.05, 0) is 32.3 Å². The summed E-state index contributed by atoms with van der Waals surface area (Å²) in [5, 5.41) is 38.4. The molecule has 11 atom stereocenters. The minimum atomic E-state index is -2.30. The van der Waals surface area contributed by atoms with Crippen LogP contribution in [0.4, 0.5) is 0 Å². The van der Waals surface area contributed by atoms with Crippen molar-refractivity contribution in [3.05, 3.63) is 51.6 Å². The van der Waals surface area contributed by atoms with E-state index in [4.69, 9.17) is 42.6 Å². The minimum Gasteiger partial charge on any atom is -0.507 e. The van der Waals surface area contributed by atoms with Crippen LogP contribution in [0.3, 0.4) is 0 Å². The first-order chi connectivity index (χ1) is 32.6. The van der Waals surface area contributed by atoms with Crippen molar-refractivity contribution >= 4 is 47.7 Å². The highest BCUT2D eigenvalue weighted by atomic mass is 32.1. The first-order valence-corrected chi connectivity index (χ1v) is 23.3. The van der Waals surface area contributed by atoms with Gasteiger partial charge in [0.1, 0.15) is 42.2 Å². The third-order valence-electron chi connectivity index (χ3n) is 13.8. The zero-order chi connectivity index (χ0) is 48.2. The van der Waals surface area contributed by atoms with Gasteiger partial charge >= 0.3 is 0 Å². The molecule has 2 aliphatic carbocycles. The molecule has 0 saturated carbocycles. The lowest BCUT2D eigenvalue weighted by molar-refractivity contribution is -0.256. The predicted octanol–water partition coefficient (Wildman–Crippen LogP) is 0.821. The molecule has 5 fully saturated rings. The monoisotopic (exact) mass is 969 g/mol. The average Bonchev–Trinajstić information content (AvgIpc) is 3.82. The molecule has 0 radical (unpaired) electrons. The van der Waals surface area contributed by atoms with Gasteiger partial charge in [-0.2, -0.15) is 12.6 Å². The number of morpholine rings is 1. The second-order valence-electron chi connectivity index (χ2n) is 18.0. The van der Waals surface area contributed by atoms with E-state index in [0.29, 0.717) is 32.4 Å². The Bertz CT molecular complexity index is 2370. The van der Waals surface area contributed by atoms with Crippen molar-refractivity contribution in [2.45, 2.75) is 118 Å². The summed E-state index contributed by atoms with van der Waals surface area (Å²) < 4.78 is 53.6. The van der Waals surface area contributed by atoms with Crippen molar-refractivity contribution in [3.63, 3.8) is 0 Å². The van der Waals surface area contributed by atoms with Crippen LogP contribution in [0.1, 0.15) is 94.5 Å². The van der Waals surface area contributed by atoms with Crippen LogP contribution >= 0.6 is 12.6 Å². The second-order valence-corrected chi connectivity index (χ2v) is 18.6. The molecule has 68 heavy (non-hydrogen) atoms. The number of aromatic hydroxyl groups is 2. The van der Waals surface area contributed by atoms with Crippen LogP contribution in [-0.2, 0) is 63.5 Å². The lowest BCUT2D eigenvalue weighted by Crippen LogP contribution is -2.55. The average molecular weight is 970 g/mol. The van der Waals surface area contributed by atoms with Crippen LogP contribution in [0.5, 0.6) is 17.2 Å². The van der Waals surface area contributed by atoms with Crippen LogP contribution in [0.25, 0.3) is 0 Å². The van der Waals surface area contributed by atoms with Gasteiger partial charge in [-0.15, -0.1) is 0 Å². The summed E-state index contributed by atoms with van der Waals surface area (Å²) in [6, 6.07) is 4.19. The number of hydrogen-bond donors (Lipinski definition) is 5. The largest absolute Gasteiger partial charge is 0.507 e. The third-order valence-corrected chi connectivity index (χ3v) is 14.2. The summed E-state index contributed by atoms with van der Waals surface area (Å²) in [6.07, 6.45) is -5.01.